The highest BCUT2D eigenvalue weighted by atomic mass is 32.2. The van der Waals surface area contributed by atoms with E-state index in [-0.39, 0.29) is 4.90 Å². The van der Waals surface area contributed by atoms with Gasteiger partial charge in [-0.3, -0.25) is 9.10 Å². The molecule has 126 valence electrons. The van der Waals surface area contributed by atoms with Crippen LogP contribution in [0, 0.1) is 20.8 Å². The third-order valence-electron chi connectivity index (χ3n) is 4.38. The largest absolute Gasteiger partial charge is 0.368 e. The van der Waals surface area contributed by atoms with E-state index in [2.05, 4.69) is 0 Å². The monoisotopic (exact) mass is 344 g/mol. The van der Waals surface area contributed by atoms with Crippen molar-refractivity contribution >= 4 is 21.6 Å². The lowest BCUT2D eigenvalue weighted by Gasteiger charge is -2.26. The standard InChI is InChI=1S/C18H20N2O3S/c1-11-8-12(2)17(13(3)9-11)24(22,23)20-15-7-5-4-6-14(15)10-16(20)18(19)21/h4-9,16H,10H2,1-3H3,(H2,19,21)/t16-/m0/s1. The Morgan fingerprint density at radius 3 is 2.29 bits per heavy atom. The van der Waals surface area contributed by atoms with E-state index in [1.54, 1.807) is 26.0 Å². The molecule has 0 aromatic heterocycles. The number of fused-ring (bicyclic) bond motifs is 1. The third kappa shape index (κ3) is 2.47. The number of hydrogen-bond acceptors (Lipinski definition) is 3. The Kier molecular flexibility index (Phi) is 3.87. The zero-order valence-corrected chi connectivity index (χ0v) is 14.7. The number of nitrogens with zero attached hydrogens (tertiary/aromatic N) is 1. The van der Waals surface area contributed by atoms with Crippen LogP contribution in [0.5, 0.6) is 0 Å². The van der Waals surface area contributed by atoms with Gasteiger partial charge in [-0.2, -0.15) is 0 Å². The highest BCUT2D eigenvalue weighted by Crippen LogP contribution is 2.38. The Bertz CT molecular complexity index is 912. The van der Waals surface area contributed by atoms with Crippen LogP contribution in [0.4, 0.5) is 5.69 Å². The van der Waals surface area contributed by atoms with Gasteiger partial charge in [0.25, 0.3) is 10.0 Å². The maximum absolute atomic E-state index is 13.4. The molecule has 5 nitrogen and oxygen atoms in total. The molecule has 3 rings (SSSR count). The summed E-state index contributed by atoms with van der Waals surface area (Å²) in [5.41, 5.74) is 9.17. The van der Waals surface area contributed by atoms with Gasteiger partial charge in [0.1, 0.15) is 6.04 Å². The minimum atomic E-state index is -3.89. The zero-order chi connectivity index (χ0) is 17.6. The van der Waals surface area contributed by atoms with Crippen LogP contribution >= 0.6 is 0 Å². The van der Waals surface area contributed by atoms with Gasteiger partial charge in [-0.25, -0.2) is 8.42 Å². The van der Waals surface area contributed by atoms with Crippen molar-refractivity contribution < 1.29 is 13.2 Å². The lowest BCUT2D eigenvalue weighted by atomic mass is 10.1. The van der Waals surface area contributed by atoms with Gasteiger partial charge in [0.05, 0.1) is 10.6 Å². The summed E-state index contributed by atoms with van der Waals surface area (Å²) in [4.78, 5) is 12.1. The molecule has 2 aromatic carbocycles. The molecule has 1 heterocycles. The molecule has 0 aliphatic carbocycles. The van der Waals surface area contributed by atoms with E-state index in [0.29, 0.717) is 23.2 Å². The second-order valence-corrected chi connectivity index (χ2v) is 8.03. The van der Waals surface area contributed by atoms with Crippen molar-refractivity contribution in [2.24, 2.45) is 5.73 Å². The maximum atomic E-state index is 13.4. The molecule has 6 heteroatoms. The van der Waals surface area contributed by atoms with Crippen molar-refractivity contribution in [3.8, 4) is 0 Å². The minimum Gasteiger partial charge on any atom is -0.368 e. The molecule has 24 heavy (non-hydrogen) atoms. The lowest BCUT2D eigenvalue weighted by Crippen LogP contribution is -2.46. The fourth-order valence-corrected chi connectivity index (χ4v) is 5.62. The zero-order valence-electron chi connectivity index (χ0n) is 13.9. The topological polar surface area (TPSA) is 80.5 Å². The fourth-order valence-electron chi connectivity index (χ4n) is 3.54. The van der Waals surface area contributed by atoms with E-state index in [1.165, 1.54) is 4.31 Å². The maximum Gasteiger partial charge on any atom is 0.265 e. The first-order valence-corrected chi connectivity index (χ1v) is 9.17. The number of sulfonamides is 1. The SMILES string of the molecule is Cc1cc(C)c(S(=O)(=O)N2c3ccccc3C[C@H]2C(N)=O)c(C)c1. The lowest BCUT2D eigenvalue weighted by molar-refractivity contribution is -0.118. The molecule has 1 atom stereocenters. The molecule has 0 bridgehead atoms. The molecular weight excluding hydrogens is 324 g/mol. The second-order valence-electron chi connectivity index (χ2n) is 6.28. The summed E-state index contributed by atoms with van der Waals surface area (Å²) < 4.78 is 28.0. The number of aryl methyl sites for hydroxylation is 3. The van der Waals surface area contributed by atoms with Gasteiger partial charge < -0.3 is 5.73 Å². The van der Waals surface area contributed by atoms with Crippen LogP contribution in [0.3, 0.4) is 0 Å². The Morgan fingerprint density at radius 2 is 1.71 bits per heavy atom. The van der Waals surface area contributed by atoms with Gasteiger partial charge in [-0.05, 0) is 43.5 Å². The van der Waals surface area contributed by atoms with Crippen molar-refractivity contribution in [2.75, 3.05) is 4.31 Å². The number of benzene rings is 2. The van der Waals surface area contributed by atoms with E-state index in [9.17, 15) is 13.2 Å². The summed E-state index contributed by atoms with van der Waals surface area (Å²) in [6, 6.07) is 9.91. The summed E-state index contributed by atoms with van der Waals surface area (Å²) >= 11 is 0. The number of nitrogens with two attached hydrogens (primary N) is 1. The van der Waals surface area contributed by atoms with E-state index in [4.69, 9.17) is 5.73 Å². The molecule has 0 radical (unpaired) electrons. The number of hydrogen-bond donors (Lipinski definition) is 1. The first kappa shape index (κ1) is 16.5. The predicted molar refractivity (Wildman–Crippen MR) is 93.4 cm³/mol. The molecule has 2 N–H and O–H groups in total. The molecule has 0 spiro atoms. The first-order chi connectivity index (χ1) is 11.2. The average Bonchev–Trinajstić information content (AvgIpc) is 2.86. The Labute approximate surface area is 142 Å². The van der Waals surface area contributed by atoms with Crippen LogP contribution in [-0.2, 0) is 21.2 Å². The van der Waals surface area contributed by atoms with Gasteiger partial charge in [0, 0.05) is 6.42 Å². The number of carbonyl (C=O) groups excluding carboxylic acids is 1. The highest BCUT2D eigenvalue weighted by Gasteiger charge is 2.42. The van der Waals surface area contributed by atoms with E-state index < -0.39 is 22.0 Å². The summed E-state index contributed by atoms with van der Waals surface area (Å²) in [7, 11) is -3.89. The summed E-state index contributed by atoms with van der Waals surface area (Å²) in [5, 5.41) is 0. The van der Waals surface area contributed by atoms with Crippen LogP contribution in [-0.4, -0.2) is 20.4 Å². The Balaban J connectivity index is 2.24. The van der Waals surface area contributed by atoms with Crippen molar-refractivity contribution in [1.29, 1.82) is 0 Å². The third-order valence-corrected chi connectivity index (χ3v) is 6.50. The Morgan fingerprint density at radius 1 is 1.12 bits per heavy atom. The van der Waals surface area contributed by atoms with Crippen LogP contribution in [0.2, 0.25) is 0 Å². The van der Waals surface area contributed by atoms with Gasteiger partial charge in [0.2, 0.25) is 5.91 Å². The highest BCUT2D eigenvalue weighted by molar-refractivity contribution is 7.93. The van der Waals surface area contributed by atoms with Crippen molar-refractivity contribution in [2.45, 2.75) is 38.1 Å². The van der Waals surface area contributed by atoms with Gasteiger partial charge in [-0.15, -0.1) is 0 Å². The van der Waals surface area contributed by atoms with Crippen LogP contribution < -0.4 is 10.0 Å². The molecule has 0 saturated heterocycles. The predicted octanol–water partition coefficient (Wildman–Crippen LogP) is 2.22. The number of primary amides is 1. The van der Waals surface area contributed by atoms with E-state index in [0.717, 1.165) is 11.1 Å². The summed E-state index contributed by atoms with van der Waals surface area (Å²) in [6.07, 6.45) is 0.300. The van der Waals surface area contributed by atoms with Gasteiger partial charge >= 0.3 is 0 Å². The van der Waals surface area contributed by atoms with Crippen molar-refractivity contribution in [1.82, 2.24) is 0 Å². The molecular formula is C18H20N2O3S. The number of amides is 1. The van der Waals surface area contributed by atoms with Crippen LogP contribution in [0.25, 0.3) is 0 Å². The number of carbonyl (C=O) groups is 1. The normalized spacial score (nSPS) is 17.0. The van der Waals surface area contributed by atoms with Crippen molar-refractivity contribution in [3.05, 3.63) is 58.7 Å². The molecule has 1 aliphatic rings. The first-order valence-electron chi connectivity index (χ1n) is 7.73. The molecule has 0 fully saturated rings. The molecule has 1 aliphatic heterocycles. The quantitative estimate of drug-likeness (QED) is 0.927. The number of rotatable bonds is 3. The second kappa shape index (κ2) is 5.63. The van der Waals surface area contributed by atoms with E-state index >= 15 is 0 Å². The number of anilines is 1. The summed E-state index contributed by atoms with van der Waals surface area (Å²) in [6.45, 7) is 5.47. The molecule has 2 aromatic rings. The molecule has 0 saturated carbocycles. The smallest absolute Gasteiger partial charge is 0.265 e. The molecule has 1 amide bonds. The average molecular weight is 344 g/mol. The van der Waals surface area contributed by atoms with Gasteiger partial charge in [-0.1, -0.05) is 35.9 Å². The van der Waals surface area contributed by atoms with Crippen molar-refractivity contribution in [3.63, 3.8) is 0 Å². The van der Waals surface area contributed by atoms with E-state index in [1.807, 2.05) is 31.2 Å². The van der Waals surface area contributed by atoms with Crippen LogP contribution in [0.1, 0.15) is 22.3 Å². The minimum absolute atomic E-state index is 0.246. The Hall–Kier alpha value is -2.34. The summed E-state index contributed by atoms with van der Waals surface area (Å²) in [5.74, 6) is -0.641. The van der Waals surface area contributed by atoms with Gasteiger partial charge in [0.15, 0.2) is 0 Å². The van der Waals surface area contributed by atoms with Crippen LogP contribution in [0.15, 0.2) is 41.3 Å². The number of para-hydroxylation sites is 1. The fraction of sp³-hybridized carbons (Fsp3) is 0.278. The molecule has 0 unspecified atom stereocenters.